The number of anilines is 2. The third-order valence-corrected chi connectivity index (χ3v) is 5.18. The second-order valence-electron chi connectivity index (χ2n) is 5.79. The Morgan fingerprint density at radius 1 is 1.04 bits per heavy atom. The lowest BCUT2D eigenvalue weighted by Gasteiger charge is -2.37. The van der Waals surface area contributed by atoms with Crippen LogP contribution in [0.4, 0.5) is 11.4 Å². The van der Waals surface area contributed by atoms with Crippen LogP contribution < -0.4 is 9.64 Å². The van der Waals surface area contributed by atoms with E-state index in [9.17, 15) is 13.0 Å². The molecule has 0 fully saturated rings. The predicted octanol–water partition coefficient (Wildman–Crippen LogP) is 4.17. The van der Waals surface area contributed by atoms with Crippen LogP contribution in [0.3, 0.4) is 0 Å². The van der Waals surface area contributed by atoms with Gasteiger partial charge in [0.2, 0.25) is 0 Å². The van der Waals surface area contributed by atoms with Crippen LogP contribution in [0.15, 0.2) is 36.4 Å². The first kappa shape index (κ1) is 15.8. The van der Waals surface area contributed by atoms with E-state index in [1.807, 2.05) is 50.2 Å². The molecular weight excluding hydrogens is 314 g/mol. The minimum Gasteiger partial charge on any atom is -0.453 e. The normalized spacial score (nSPS) is 14.7. The van der Waals surface area contributed by atoms with E-state index < -0.39 is 15.5 Å². The average molecular weight is 333 g/mol. The third-order valence-electron chi connectivity index (χ3n) is 3.95. The zero-order chi connectivity index (χ0) is 16.8. The molecule has 1 aliphatic heterocycles. The lowest BCUT2D eigenvalue weighted by molar-refractivity contribution is 0.451. The molecule has 1 heterocycles. The van der Waals surface area contributed by atoms with Gasteiger partial charge >= 0.3 is 0 Å². The molecule has 3 rings (SSSR count). The highest BCUT2D eigenvalue weighted by molar-refractivity contribution is 7.86. The Labute approximate surface area is 136 Å². The highest BCUT2D eigenvalue weighted by atomic mass is 32.2. The van der Waals surface area contributed by atoms with Crippen LogP contribution in [0.25, 0.3) is 0 Å². The molecule has 1 unspecified atom stereocenters. The summed E-state index contributed by atoms with van der Waals surface area (Å²) in [5, 5.41) is -1.06. The van der Waals surface area contributed by atoms with Gasteiger partial charge in [0.25, 0.3) is 10.1 Å². The van der Waals surface area contributed by atoms with E-state index in [1.54, 1.807) is 11.8 Å². The second-order valence-corrected chi connectivity index (χ2v) is 7.37. The first-order valence-corrected chi connectivity index (χ1v) is 8.96. The molecule has 122 valence electrons. The van der Waals surface area contributed by atoms with Crippen molar-refractivity contribution in [2.45, 2.75) is 32.6 Å². The molecule has 1 aliphatic rings. The molecule has 23 heavy (non-hydrogen) atoms. The summed E-state index contributed by atoms with van der Waals surface area (Å²) in [5.41, 5.74) is 3.28. The van der Waals surface area contributed by atoms with Gasteiger partial charge in [-0.15, -0.1) is 0 Å². The Hall–Kier alpha value is -2.05. The average Bonchev–Trinajstić information content (AvgIpc) is 2.46. The maximum absolute atomic E-state index is 11.9. The summed E-state index contributed by atoms with van der Waals surface area (Å²) in [5.74, 6) is 1.17. The van der Waals surface area contributed by atoms with E-state index >= 15 is 0 Å². The van der Waals surface area contributed by atoms with Gasteiger partial charge in [-0.1, -0.05) is 19.1 Å². The Morgan fingerprint density at radius 2 is 1.70 bits per heavy atom. The Kier molecular flexibility index (Phi) is 3.82. The minimum atomic E-state index is -4.25. The summed E-state index contributed by atoms with van der Waals surface area (Å²) in [4.78, 5) is 1.65. The highest BCUT2D eigenvalue weighted by Gasteiger charge is 2.35. The van der Waals surface area contributed by atoms with E-state index in [4.69, 9.17) is 4.74 Å². The van der Waals surface area contributed by atoms with Crippen LogP contribution >= 0.6 is 0 Å². The molecule has 0 bridgehead atoms. The topological polar surface area (TPSA) is 66.8 Å². The Balaban J connectivity index is 2.27. The lowest BCUT2D eigenvalue weighted by Crippen LogP contribution is -2.38. The largest absolute Gasteiger partial charge is 0.453 e. The molecule has 0 aliphatic carbocycles. The van der Waals surface area contributed by atoms with Crippen molar-refractivity contribution >= 4 is 21.5 Å². The van der Waals surface area contributed by atoms with Gasteiger partial charge in [0.05, 0.1) is 11.4 Å². The van der Waals surface area contributed by atoms with Crippen molar-refractivity contribution in [1.29, 1.82) is 0 Å². The number of hydrogen-bond acceptors (Lipinski definition) is 4. The fraction of sp³-hybridized carbons (Fsp3) is 0.294. The van der Waals surface area contributed by atoms with E-state index in [0.717, 1.165) is 11.1 Å². The first-order chi connectivity index (χ1) is 10.8. The zero-order valence-corrected chi connectivity index (χ0v) is 14.1. The van der Waals surface area contributed by atoms with Gasteiger partial charge in [-0.25, -0.2) is 0 Å². The first-order valence-electron chi connectivity index (χ1n) is 7.46. The van der Waals surface area contributed by atoms with Gasteiger partial charge in [0.15, 0.2) is 16.9 Å². The Bertz CT molecular complexity index is 861. The van der Waals surface area contributed by atoms with Crippen LogP contribution in [0.5, 0.6) is 11.5 Å². The van der Waals surface area contributed by atoms with E-state index in [2.05, 4.69) is 0 Å². The molecule has 0 aromatic heterocycles. The highest BCUT2D eigenvalue weighted by Crippen LogP contribution is 2.49. The molecule has 6 heteroatoms. The van der Waals surface area contributed by atoms with E-state index in [0.29, 0.717) is 22.9 Å². The third kappa shape index (κ3) is 2.80. The summed E-state index contributed by atoms with van der Waals surface area (Å²) in [6, 6.07) is 11.2. The van der Waals surface area contributed by atoms with Gasteiger partial charge in [-0.3, -0.25) is 4.55 Å². The molecule has 0 amide bonds. The number of nitrogens with zero attached hydrogens (tertiary/aromatic N) is 1. The summed E-state index contributed by atoms with van der Waals surface area (Å²) >= 11 is 0. The molecule has 5 nitrogen and oxygen atoms in total. The molecule has 0 saturated heterocycles. The zero-order valence-electron chi connectivity index (χ0n) is 13.3. The van der Waals surface area contributed by atoms with Crippen molar-refractivity contribution in [3.8, 4) is 11.5 Å². The van der Waals surface area contributed by atoms with E-state index in [1.165, 1.54) is 0 Å². The fourth-order valence-corrected chi connectivity index (χ4v) is 3.80. The van der Waals surface area contributed by atoms with Gasteiger partial charge < -0.3 is 9.64 Å². The second kappa shape index (κ2) is 5.54. The van der Waals surface area contributed by atoms with E-state index in [-0.39, 0.29) is 6.42 Å². The van der Waals surface area contributed by atoms with Gasteiger partial charge in [-0.05, 0) is 55.7 Å². The van der Waals surface area contributed by atoms with Crippen molar-refractivity contribution in [1.82, 2.24) is 0 Å². The van der Waals surface area contributed by atoms with Gasteiger partial charge in [0, 0.05) is 0 Å². The maximum atomic E-state index is 11.9. The maximum Gasteiger partial charge on any atom is 0.286 e. The number of benzene rings is 2. The number of ether oxygens (including phenoxy) is 1. The van der Waals surface area contributed by atoms with Crippen LogP contribution in [0.1, 0.15) is 24.5 Å². The van der Waals surface area contributed by atoms with Crippen molar-refractivity contribution in [2.75, 3.05) is 4.90 Å². The molecule has 2 aromatic rings. The van der Waals surface area contributed by atoms with Crippen LogP contribution in [-0.2, 0) is 10.1 Å². The number of fused-ring (bicyclic) bond motifs is 2. The number of rotatable bonds is 3. The fourth-order valence-electron chi connectivity index (χ4n) is 2.89. The summed E-state index contributed by atoms with van der Waals surface area (Å²) in [6.07, 6.45) is 0.250. The Morgan fingerprint density at radius 3 is 2.35 bits per heavy atom. The quantitative estimate of drug-likeness (QED) is 0.854. The van der Waals surface area contributed by atoms with Gasteiger partial charge in [-0.2, -0.15) is 8.42 Å². The number of aryl methyl sites for hydroxylation is 2. The van der Waals surface area contributed by atoms with Crippen LogP contribution in [0, 0.1) is 13.8 Å². The minimum absolute atomic E-state index is 0.250. The summed E-state index contributed by atoms with van der Waals surface area (Å²) in [7, 11) is -4.25. The molecule has 1 atom stereocenters. The summed E-state index contributed by atoms with van der Waals surface area (Å²) in [6.45, 7) is 5.60. The molecule has 0 radical (unpaired) electrons. The van der Waals surface area contributed by atoms with Crippen LogP contribution in [-0.4, -0.2) is 18.3 Å². The van der Waals surface area contributed by atoms with Crippen molar-refractivity contribution in [3.05, 3.63) is 47.5 Å². The molecule has 2 aromatic carbocycles. The lowest BCUT2D eigenvalue weighted by atomic mass is 10.1. The van der Waals surface area contributed by atoms with Crippen molar-refractivity contribution in [3.63, 3.8) is 0 Å². The molecule has 1 N–H and O–H groups in total. The molecular formula is C17H19NO4S. The van der Waals surface area contributed by atoms with Crippen molar-refractivity contribution in [2.24, 2.45) is 0 Å². The van der Waals surface area contributed by atoms with Crippen molar-refractivity contribution < 1.29 is 17.7 Å². The standard InChI is InChI=1S/C17H19NO4S/c1-4-17(23(19,20)21)18-13-7-5-12(3)10-16(13)22-15-8-6-11(2)9-14(15)18/h5-10,17H,4H2,1-3H3,(H,19,20,21). The molecule has 0 spiro atoms. The van der Waals surface area contributed by atoms with Gasteiger partial charge in [0.1, 0.15) is 0 Å². The van der Waals surface area contributed by atoms with Crippen LogP contribution in [0.2, 0.25) is 0 Å². The summed E-state index contributed by atoms with van der Waals surface area (Å²) < 4.78 is 39.4. The molecule has 0 saturated carbocycles. The number of hydrogen-bond donors (Lipinski definition) is 1. The monoisotopic (exact) mass is 333 g/mol. The SMILES string of the molecule is CCC(N1c2ccc(C)cc2Oc2ccc(C)cc21)S(=O)(=O)O. The smallest absolute Gasteiger partial charge is 0.286 e. The predicted molar refractivity (Wildman–Crippen MR) is 90.2 cm³/mol.